The van der Waals surface area contributed by atoms with E-state index in [4.69, 9.17) is 5.11 Å². The Balaban J connectivity index is 2.14. The molecule has 3 rings (SSSR count). The van der Waals surface area contributed by atoms with Crippen LogP contribution < -0.4 is 5.43 Å². The molecule has 7 nitrogen and oxygen atoms in total. The Morgan fingerprint density at radius 3 is 2.64 bits per heavy atom. The van der Waals surface area contributed by atoms with Crippen molar-refractivity contribution in [3.63, 3.8) is 0 Å². The van der Waals surface area contributed by atoms with E-state index in [1.807, 2.05) is 0 Å². The number of carbonyl (C=O) groups is 2. The Kier molecular flexibility index (Phi) is 3.27. The number of hydrogen-bond acceptors (Lipinski definition) is 4. The summed E-state index contributed by atoms with van der Waals surface area (Å²) in [5.41, 5.74) is -1.76. The van der Waals surface area contributed by atoms with E-state index < -0.39 is 28.6 Å². The second-order valence-corrected chi connectivity index (χ2v) is 5.74. The van der Waals surface area contributed by atoms with Crippen LogP contribution >= 0.6 is 0 Å². The molecule has 1 aliphatic carbocycles. The third-order valence-corrected chi connectivity index (χ3v) is 4.14. The average Bonchev–Trinajstić information content (AvgIpc) is 3.28. The molecule has 0 spiro atoms. The summed E-state index contributed by atoms with van der Waals surface area (Å²) in [4.78, 5) is 37.1. The van der Waals surface area contributed by atoms with Crippen LogP contribution in [-0.4, -0.2) is 44.6 Å². The maximum Gasteiger partial charge on any atom is 0.341 e. The fourth-order valence-electron chi connectivity index (χ4n) is 2.75. The first-order valence-electron chi connectivity index (χ1n) is 7.07. The highest BCUT2D eigenvalue weighted by molar-refractivity contribution is 5.97. The Labute approximate surface area is 126 Å². The summed E-state index contributed by atoms with van der Waals surface area (Å²) in [5, 5.41) is 19.1. The SMILES string of the molecule is C=C[C@H]1CN(CC2CC2)C(=O)c2c(O)c(=O)c(C(=O)O)cn21. The average molecular weight is 304 g/mol. The number of rotatable bonds is 4. The first-order valence-corrected chi connectivity index (χ1v) is 7.07. The van der Waals surface area contributed by atoms with E-state index in [1.165, 1.54) is 4.57 Å². The highest BCUT2D eigenvalue weighted by Gasteiger charge is 2.36. The van der Waals surface area contributed by atoms with Gasteiger partial charge in [0.05, 0.1) is 6.04 Å². The van der Waals surface area contributed by atoms with Gasteiger partial charge in [-0.1, -0.05) is 6.08 Å². The maximum atomic E-state index is 12.5. The van der Waals surface area contributed by atoms with Crippen molar-refractivity contribution in [3.05, 3.63) is 40.3 Å². The first kappa shape index (κ1) is 14.4. The van der Waals surface area contributed by atoms with Gasteiger partial charge in [-0.25, -0.2) is 4.79 Å². The lowest BCUT2D eigenvalue weighted by Gasteiger charge is -2.35. The van der Waals surface area contributed by atoms with Crippen LogP contribution in [0.3, 0.4) is 0 Å². The largest absolute Gasteiger partial charge is 0.503 e. The van der Waals surface area contributed by atoms with E-state index >= 15 is 0 Å². The molecular formula is C15H16N2O5. The van der Waals surface area contributed by atoms with Crippen molar-refractivity contribution in [3.8, 4) is 5.75 Å². The maximum absolute atomic E-state index is 12.5. The van der Waals surface area contributed by atoms with Gasteiger partial charge in [0.15, 0.2) is 11.4 Å². The normalized spacial score (nSPS) is 20.6. The lowest BCUT2D eigenvalue weighted by atomic mass is 10.1. The first-order chi connectivity index (χ1) is 10.4. The molecule has 116 valence electrons. The summed E-state index contributed by atoms with van der Waals surface area (Å²) in [6.07, 6.45) is 4.82. The summed E-state index contributed by atoms with van der Waals surface area (Å²) in [7, 11) is 0. The molecule has 1 aromatic heterocycles. The van der Waals surface area contributed by atoms with Gasteiger partial charge in [-0.05, 0) is 18.8 Å². The van der Waals surface area contributed by atoms with Crippen molar-refractivity contribution in [1.82, 2.24) is 9.47 Å². The van der Waals surface area contributed by atoms with Crippen LogP contribution in [0.5, 0.6) is 5.75 Å². The van der Waals surface area contributed by atoms with Gasteiger partial charge in [-0.3, -0.25) is 9.59 Å². The van der Waals surface area contributed by atoms with Gasteiger partial charge in [0.25, 0.3) is 5.91 Å². The topological polar surface area (TPSA) is 99.8 Å². The van der Waals surface area contributed by atoms with E-state index in [0.29, 0.717) is 19.0 Å². The molecule has 0 unspecified atom stereocenters. The summed E-state index contributed by atoms with van der Waals surface area (Å²) in [5.74, 6) is -2.23. The van der Waals surface area contributed by atoms with Crippen LogP contribution in [0.4, 0.5) is 0 Å². The quantitative estimate of drug-likeness (QED) is 0.803. The molecule has 2 aliphatic rings. The van der Waals surface area contributed by atoms with Gasteiger partial charge in [0, 0.05) is 19.3 Å². The van der Waals surface area contributed by atoms with E-state index in [1.54, 1.807) is 11.0 Å². The van der Waals surface area contributed by atoms with Gasteiger partial charge in [-0.15, -0.1) is 6.58 Å². The number of hydrogen-bond donors (Lipinski definition) is 2. The minimum Gasteiger partial charge on any atom is -0.503 e. The predicted octanol–water partition coefficient (Wildman–Crippen LogP) is 0.845. The Morgan fingerprint density at radius 1 is 1.41 bits per heavy atom. The van der Waals surface area contributed by atoms with Gasteiger partial charge in [-0.2, -0.15) is 0 Å². The number of pyridine rings is 1. The molecule has 0 saturated heterocycles. The molecule has 1 saturated carbocycles. The number of amides is 1. The summed E-state index contributed by atoms with van der Waals surface area (Å²) in [6.45, 7) is 4.63. The van der Waals surface area contributed by atoms with Gasteiger partial charge >= 0.3 is 5.97 Å². The molecule has 22 heavy (non-hydrogen) atoms. The summed E-state index contributed by atoms with van der Waals surface area (Å²) < 4.78 is 1.33. The van der Waals surface area contributed by atoms with Gasteiger partial charge in [0.1, 0.15) is 5.56 Å². The van der Waals surface area contributed by atoms with Crippen molar-refractivity contribution < 1.29 is 19.8 Å². The van der Waals surface area contributed by atoms with Gasteiger partial charge < -0.3 is 19.7 Å². The van der Waals surface area contributed by atoms with Crippen LogP contribution in [0.2, 0.25) is 0 Å². The van der Waals surface area contributed by atoms with Crippen LogP contribution in [0.1, 0.15) is 39.7 Å². The van der Waals surface area contributed by atoms with Crippen molar-refractivity contribution in [2.45, 2.75) is 18.9 Å². The fraction of sp³-hybridized carbons (Fsp3) is 0.400. The smallest absolute Gasteiger partial charge is 0.341 e. The number of aromatic carboxylic acids is 1. The van der Waals surface area contributed by atoms with Gasteiger partial charge in [0.2, 0.25) is 5.43 Å². The Hall–Kier alpha value is -2.57. The number of nitrogens with zero attached hydrogens (tertiary/aromatic N) is 2. The number of aromatic nitrogens is 1. The fourth-order valence-corrected chi connectivity index (χ4v) is 2.75. The molecule has 7 heteroatoms. The number of carbonyl (C=O) groups excluding carboxylic acids is 1. The number of aromatic hydroxyl groups is 1. The molecule has 1 aliphatic heterocycles. The Morgan fingerprint density at radius 2 is 2.09 bits per heavy atom. The summed E-state index contributed by atoms with van der Waals surface area (Å²) >= 11 is 0. The third kappa shape index (κ3) is 2.18. The second kappa shape index (κ2) is 5.01. The zero-order chi connectivity index (χ0) is 16.0. The molecule has 1 amide bonds. The lowest BCUT2D eigenvalue weighted by Crippen LogP contribution is -2.45. The second-order valence-electron chi connectivity index (χ2n) is 5.74. The monoisotopic (exact) mass is 304 g/mol. The Bertz CT molecular complexity index is 732. The van der Waals surface area contributed by atoms with E-state index in [0.717, 1.165) is 19.0 Å². The third-order valence-electron chi connectivity index (χ3n) is 4.14. The number of carboxylic acid groups (broad SMARTS) is 1. The van der Waals surface area contributed by atoms with Crippen molar-refractivity contribution >= 4 is 11.9 Å². The standard InChI is InChI=1S/C15H16N2O5/c1-2-9-6-16(5-8-3-4-8)14(20)11-13(19)12(18)10(15(21)22)7-17(9)11/h2,7-9,19H,1,3-6H2,(H,21,22)/t9-/m0/s1. The molecule has 1 atom stereocenters. The van der Waals surface area contributed by atoms with Crippen molar-refractivity contribution in [2.75, 3.05) is 13.1 Å². The molecule has 2 heterocycles. The minimum absolute atomic E-state index is 0.160. The molecule has 1 fully saturated rings. The molecule has 0 aromatic carbocycles. The van der Waals surface area contributed by atoms with E-state index in [-0.39, 0.29) is 11.7 Å². The zero-order valence-corrected chi connectivity index (χ0v) is 11.9. The van der Waals surface area contributed by atoms with E-state index in [9.17, 15) is 19.5 Å². The molecule has 2 N–H and O–H groups in total. The highest BCUT2D eigenvalue weighted by atomic mass is 16.4. The van der Waals surface area contributed by atoms with E-state index in [2.05, 4.69) is 6.58 Å². The number of carboxylic acids is 1. The molecule has 1 aromatic rings. The highest BCUT2D eigenvalue weighted by Crippen LogP contribution is 2.33. The van der Waals surface area contributed by atoms with Crippen LogP contribution in [0.15, 0.2) is 23.6 Å². The molecule has 0 bridgehead atoms. The van der Waals surface area contributed by atoms with Crippen LogP contribution in [-0.2, 0) is 0 Å². The van der Waals surface area contributed by atoms with Crippen molar-refractivity contribution in [2.24, 2.45) is 5.92 Å². The van der Waals surface area contributed by atoms with Crippen LogP contribution in [0, 0.1) is 5.92 Å². The summed E-state index contributed by atoms with van der Waals surface area (Å²) in [6, 6.07) is -0.379. The zero-order valence-electron chi connectivity index (χ0n) is 11.9. The van der Waals surface area contributed by atoms with Crippen molar-refractivity contribution in [1.29, 1.82) is 0 Å². The predicted molar refractivity (Wildman–Crippen MR) is 77.2 cm³/mol. The molecular weight excluding hydrogens is 288 g/mol. The minimum atomic E-state index is -1.44. The lowest BCUT2D eigenvalue weighted by molar-refractivity contribution is 0.0654. The number of fused-ring (bicyclic) bond motifs is 1. The molecule has 0 radical (unpaired) electrons. The van der Waals surface area contributed by atoms with Crippen LogP contribution in [0.25, 0.3) is 0 Å².